The molecule has 0 aliphatic carbocycles. The molecule has 2 heterocycles. The summed E-state index contributed by atoms with van der Waals surface area (Å²) >= 11 is 0. The number of carboxylic acids is 1. The summed E-state index contributed by atoms with van der Waals surface area (Å²) in [5, 5.41) is 13.5. The lowest BCUT2D eigenvalue weighted by Crippen LogP contribution is -2.48. The Balaban J connectivity index is 1.80. The van der Waals surface area contributed by atoms with Crippen LogP contribution in [0, 0.1) is 0 Å². The number of carbonyl (C=O) groups is 2. The zero-order chi connectivity index (χ0) is 17.8. The van der Waals surface area contributed by atoms with Crippen LogP contribution < -0.4 is 0 Å². The Morgan fingerprint density at radius 3 is 2.76 bits per heavy atom. The Morgan fingerprint density at radius 2 is 2.08 bits per heavy atom. The number of carbonyl (C=O) groups excluding carboxylic acids is 1. The van der Waals surface area contributed by atoms with Gasteiger partial charge in [-0.2, -0.15) is 5.10 Å². The van der Waals surface area contributed by atoms with Crippen molar-refractivity contribution >= 4 is 11.9 Å². The van der Waals surface area contributed by atoms with Crippen molar-refractivity contribution in [2.75, 3.05) is 19.7 Å². The number of morpholine rings is 1. The first-order chi connectivity index (χ1) is 12.1. The van der Waals surface area contributed by atoms with Gasteiger partial charge in [-0.15, -0.1) is 0 Å². The summed E-state index contributed by atoms with van der Waals surface area (Å²) in [5.41, 5.74) is 2.49. The van der Waals surface area contributed by atoms with Gasteiger partial charge in [-0.3, -0.25) is 9.48 Å². The third-order valence-corrected chi connectivity index (χ3v) is 4.32. The zero-order valence-corrected chi connectivity index (χ0v) is 14.1. The molecule has 1 aliphatic heterocycles. The summed E-state index contributed by atoms with van der Waals surface area (Å²) < 4.78 is 7.01. The standard InChI is InChI=1S/C18H21N3O4/c1-2-15-14(10-19-21(15)11-13-6-4-3-5-7-13)17(22)20-8-9-25-16(12-20)18(23)24/h3-7,10,16H,2,8-9,11-12H2,1H3,(H,23,24)/t16-/m0/s1. The highest BCUT2D eigenvalue weighted by atomic mass is 16.5. The largest absolute Gasteiger partial charge is 0.479 e. The minimum Gasteiger partial charge on any atom is -0.479 e. The van der Waals surface area contributed by atoms with E-state index in [4.69, 9.17) is 9.84 Å². The molecule has 7 nitrogen and oxygen atoms in total. The molecule has 1 saturated heterocycles. The van der Waals surface area contributed by atoms with Crippen LogP contribution in [0.4, 0.5) is 0 Å². The smallest absolute Gasteiger partial charge is 0.334 e. The summed E-state index contributed by atoms with van der Waals surface area (Å²) in [6, 6.07) is 9.93. The predicted molar refractivity (Wildman–Crippen MR) is 90.4 cm³/mol. The van der Waals surface area contributed by atoms with E-state index in [1.807, 2.05) is 41.9 Å². The SMILES string of the molecule is CCc1c(C(=O)N2CCO[C@H](C(=O)O)C2)cnn1Cc1ccccc1. The van der Waals surface area contributed by atoms with E-state index in [1.54, 1.807) is 6.20 Å². The number of hydrogen-bond donors (Lipinski definition) is 1. The van der Waals surface area contributed by atoms with Gasteiger partial charge in [0.2, 0.25) is 0 Å². The van der Waals surface area contributed by atoms with E-state index in [1.165, 1.54) is 4.90 Å². The molecular weight excluding hydrogens is 322 g/mol. The van der Waals surface area contributed by atoms with E-state index in [0.717, 1.165) is 11.3 Å². The van der Waals surface area contributed by atoms with Gasteiger partial charge in [0.15, 0.2) is 6.10 Å². The average Bonchev–Trinajstić information content (AvgIpc) is 3.04. The van der Waals surface area contributed by atoms with Crippen molar-refractivity contribution in [1.82, 2.24) is 14.7 Å². The predicted octanol–water partition coefficient (Wildman–Crippen LogP) is 1.42. The Labute approximate surface area is 145 Å². The van der Waals surface area contributed by atoms with Gasteiger partial charge < -0.3 is 14.7 Å². The van der Waals surface area contributed by atoms with Crippen LogP contribution in [0.3, 0.4) is 0 Å². The van der Waals surface area contributed by atoms with Crippen LogP contribution in [0.25, 0.3) is 0 Å². The summed E-state index contributed by atoms with van der Waals surface area (Å²) in [6.45, 7) is 3.24. The maximum absolute atomic E-state index is 12.8. The molecule has 0 unspecified atom stereocenters. The first-order valence-electron chi connectivity index (χ1n) is 8.32. The Morgan fingerprint density at radius 1 is 1.32 bits per heavy atom. The molecule has 1 aromatic carbocycles. The van der Waals surface area contributed by atoms with Gasteiger partial charge in [-0.25, -0.2) is 4.79 Å². The highest BCUT2D eigenvalue weighted by molar-refractivity contribution is 5.95. The molecule has 1 fully saturated rings. The Kier molecular flexibility index (Phi) is 5.14. The highest BCUT2D eigenvalue weighted by Gasteiger charge is 2.31. The van der Waals surface area contributed by atoms with Crippen LogP contribution in [0.2, 0.25) is 0 Å². The molecule has 1 atom stereocenters. The number of nitrogens with zero attached hydrogens (tertiary/aromatic N) is 3. The fourth-order valence-electron chi connectivity index (χ4n) is 3.01. The third-order valence-electron chi connectivity index (χ3n) is 4.32. The molecule has 1 N–H and O–H groups in total. The molecule has 25 heavy (non-hydrogen) atoms. The quantitative estimate of drug-likeness (QED) is 0.887. The van der Waals surface area contributed by atoms with E-state index >= 15 is 0 Å². The number of benzene rings is 1. The summed E-state index contributed by atoms with van der Waals surface area (Å²) in [4.78, 5) is 25.5. The van der Waals surface area contributed by atoms with Crippen molar-refractivity contribution in [2.45, 2.75) is 26.0 Å². The second-order valence-electron chi connectivity index (χ2n) is 5.95. The first-order valence-corrected chi connectivity index (χ1v) is 8.32. The lowest BCUT2D eigenvalue weighted by Gasteiger charge is -2.30. The molecule has 2 aromatic rings. The molecule has 0 spiro atoms. The maximum atomic E-state index is 12.8. The number of amides is 1. The van der Waals surface area contributed by atoms with Crippen LogP contribution >= 0.6 is 0 Å². The molecule has 0 bridgehead atoms. The van der Waals surface area contributed by atoms with Crippen molar-refractivity contribution in [3.63, 3.8) is 0 Å². The highest BCUT2D eigenvalue weighted by Crippen LogP contribution is 2.17. The molecule has 7 heteroatoms. The summed E-state index contributed by atoms with van der Waals surface area (Å²) in [7, 11) is 0. The van der Waals surface area contributed by atoms with E-state index in [0.29, 0.717) is 25.1 Å². The van der Waals surface area contributed by atoms with E-state index in [-0.39, 0.29) is 19.1 Å². The average molecular weight is 343 g/mol. The molecule has 0 radical (unpaired) electrons. The fourth-order valence-corrected chi connectivity index (χ4v) is 3.01. The maximum Gasteiger partial charge on any atom is 0.334 e. The van der Waals surface area contributed by atoms with Crippen molar-refractivity contribution < 1.29 is 19.4 Å². The first kappa shape index (κ1) is 17.2. The van der Waals surface area contributed by atoms with Gasteiger partial charge >= 0.3 is 5.97 Å². The van der Waals surface area contributed by atoms with Gasteiger partial charge in [0, 0.05) is 6.54 Å². The lowest BCUT2D eigenvalue weighted by atomic mass is 10.1. The van der Waals surface area contributed by atoms with E-state index in [2.05, 4.69) is 5.10 Å². The molecular formula is C18H21N3O4. The number of aliphatic carboxylic acids is 1. The van der Waals surface area contributed by atoms with Crippen LogP contribution in [0.5, 0.6) is 0 Å². The Bertz CT molecular complexity index is 757. The van der Waals surface area contributed by atoms with Crippen molar-refractivity contribution in [3.05, 3.63) is 53.3 Å². The Hall–Kier alpha value is -2.67. The van der Waals surface area contributed by atoms with Gasteiger partial charge in [0.1, 0.15) is 0 Å². The summed E-state index contributed by atoms with van der Waals surface area (Å²) in [5.74, 6) is -1.24. The molecule has 1 amide bonds. The number of hydrogen-bond acceptors (Lipinski definition) is 4. The second-order valence-corrected chi connectivity index (χ2v) is 5.95. The zero-order valence-electron chi connectivity index (χ0n) is 14.1. The molecule has 132 valence electrons. The van der Waals surface area contributed by atoms with Gasteiger partial charge in [-0.05, 0) is 12.0 Å². The van der Waals surface area contributed by atoms with Gasteiger partial charge in [-0.1, -0.05) is 37.3 Å². The number of carboxylic acid groups (broad SMARTS) is 1. The number of ether oxygens (including phenoxy) is 1. The topological polar surface area (TPSA) is 84.7 Å². The van der Waals surface area contributed by atoms with Gasteiger partial charge in [0.25, 0.3) is 5.91 Å². The van der Waals surface area contributed by atoms with Crippen LogP contribution in [0.15, 0.2) is 36.5 Å². The molecule has 0 saturated carbocycles. The van der Waals surface area contributed by atoms with E-state index in [9.17, 15) is 9.59 Å². The van der Waals surface area contributed by atoms with Crippen molar-refractivity contribution in [3.8, 4) is 0 Å². The van der Waals surface area contributed by atoms with Crippen molar-refractivity contribution in [1.29, 1.82) is 0 Å². The fraction of sp³-hybridized carbons (Fsp3) is 0.389. The summed E-state index contributed by atoms with van der Waals surface area (Å²) in [6.07, 6.45) is 1.28. The van der Waals surface area contributed by atoms with E-state index < -0.39 is 12.1 Å². The van der Waals surface area contributed by atoms with Gasteiger partial charge in [0.05, 0.1) is 37.2 Å². The van der Waals surface area contributed by atoms with Crippen molar-refractivity contribution in [2.24, 2.45) is 0 Å². The molecule has 1 aromatic heterocycles. The minimum absolute atomic E-state index is 0.0567. The van der Waals surface area contributed by atoms with Crippen LogP contribution in [-0.4, -0.2) is 57.5 Å². The number of aromatic nitrogens is 2. The second kappa shape index (κ2) is 7.48. The normalized spacial score (nSPS) is 17.5. The monoisotopic (exact) mass is 343 g/mol. The minimum atomic E-state index is -1.05. The van der Waals surface area contributed by atoms with Crippen LogP contribution in [0.1, 0.15) is 28.5 Å². The third kappa shape index (κ3) is 3.71. The molecule has 3 rings (SSSR count). The number of rotatable bonds is 5. The lowest BCUT2D eigenvalue weighted by molar-refractivity contribution is -0.154. The molecule has 1 aliphatic rings. The van der Waals surface area contributed by atoms with Crippen LogP contribution in [-0.2, 0) is 22.5 Å².